The molecule has 82 valence electrons. The van der Waals surface area contributed by atoms with Gasteiger partial charge in [0.25, 0.3) is 0 Å². The van der Waals surface area contributed by atoms with Gasteiger partial charge in [-0.1, -0.05) is 6.07 Å². The summed E-state index contributed by atoms with van der Waals surface area (Å²) in [6.07, 6.45) is 0. The fourth-order valence-electron chi connectivity index (χ4n) is 0.989. The molecule has 7 heteroatoms. The molecule has 0 fully saturated rings. The van der Waals surface area contributed by atoms with Gasteiger partial charge in [-0.15, -0.1) is 0 Å². The minimum Gasteiger partial charge on any atom is -0.426 e. The van der Waals surface area contributed by atoms with E-state index < -0.39 is 23.0 Å². The molecule has 1 aromatic rings. The highest BCUT2D eigenvalue weighted by molar-refractivity contribution is 9.10. The Morgan fingerprint density at radius 3 is 2.60 bits per heavy atom. The molecule has 0 amide bonds. The number of rotatable bonds is 3. The summed E-state index contributed by atoms with van der Waals surface area (Å²) >= 11 is 2.97. The molecule has 0 aromatic heterocycles. The number of nitro benzene ring substituents is 1. The van der Waals surface area contributed by atoms with Crippen LogP contribution in [-0.4, -0.2) is 11.5 Å². The summed E-state index contributed by atoms with van der Waals surface area (Å²) in [5, 5.41) is 10.5. The minimum atomic E-state index is -3.10. The first kappa shape index (κ1) is 11.8. The monoisotopic (exact) mass is 281 g/mol. The van der Waals surface area contributed by atoms with Crippen molar-refractivity contribution in [3.63, 3.8) is 0 Å². The third-order valence-electron chi connectivity index (χ3n) is 1.67. The first-order valence-electron chi connectivity index (χ1n) is 3.81. The summed E-state index contributed by atoms with van der Waals surface area (Å²) in [6.45, 7) is -1.48. The number of halogens is 3. The summed E-state index contributed by atoms with van der Waals surface area (Å²) in [5.41, 5.74) is 0.0871. The number of nitrogens with zero attached hydrogens (tertiary/aromatic N) is 1. The standard InChI is InChI=1S/C8H6BrF2NO3/c1-4-2-3-5(12(13)14)7(6(4)9)15-8(10)11/h2-3,8H,1H3. The molecule has 0 unspecified atom stereocenters. The fourth-order valence-corrected chi connectivity index (χ4v) is 1.42. The molecule has 0 radical (unpaired) electrons. The summed E-state index contributed by atoms with van der Waals surface area (Å²) < 4.78 is 28.3. The Balaban J connectivity index is 3.28. The van der Waals surface area contributed by atoms with Gasteiger partial charge >= 0.3 is 12.3 Å². The summed E-state index contributed by atoms with van der Waals surface area (Å²) in [7, 11) is 0. The lowest BCUT2D eigenvalue weighted by atomic mass is 10.2. The van der Waals surface area contributed by atoms with E-state index in [4.69, 9.17) is 0 Å². The van der Waals surface area contributed by atoms with Crippen LogP contribution in [0.3, 0.4) is 0 Å². The largest absolute Gasteiger partial charge is 0.426 e. The maximum Gasteiger partial charge on any atom is 0.387 e. The number of alkyl halides is 2. The number of hydrogen-bond acceptors (Lipinski definition) is 3. The van der Waals surface area contributed by atoms with E-state index in [0.29, 0.717) is 5.56 Å². The number of aryl methyl sites for hydroxylation is 1. The summed E-state index contributed by atoms with van der Waals surface area (Å²) in [5.74, 6) is -0.449. The Labute approximate surface area is 92.1 Å². The highest BCUT2D eigenvalue weighted by Crippen LogP contribution is 2.38. The first-order chi connectivity index (χ1) is 6.93. The second kappa shape index (κ2) is 4.52. The Morgan fingerprint density at radius 2 is 2.13 bits per heavy atom. The molecular formula is C8H6BrF2NO3. The molecule has 0 atom stereocenters. The normalized spacial score (nSPS) is 10.5. The second-order valence-corrected chi connectivity index (χ2v) is 3.47. The van der Waals surface area contributed by atoms with Crippen molar-refractivity contribution in [1.82, 2.24) is 0 Å². The van der Waals surface area contributed by atoms with E-state index in [1.807, 2.05) is 0 Å². The van der Waals surface area contributed by atoms with Gasteiger partial charge in [0.1, 0.15) is 0 Å². The summed E-state index contributed by atoms with van der Waals surface area (Å²) in [4.78, 5) is 9.75. The van der Waals surface area contributed by atoms with Crippen LogP contribution in [-0.2, 0) is 0 Å². The molecule has 0 aliphatic carbocycles. The molecule has 0 N–H and O–H groups in total. The van der Waals surface area contributed by atoms with Gasteiger partial charge < -0.3 is 4.74 Å². The van der Waals surface area contributed by atoms with Crippen molar-refractivity contribution in [2.45, 2.75) is 13.5 Å². The van der Waals surface area contributed by atoms with Gasteiger partial charge in [-0.3, -0.25) is 10.1 Å². The van der Waals surface area contributed by atoms with Gasteiger partial charge in [0, 0.05) is 6.07 Å². The number of benzene rings is 1. The van der Waals surface area contributed by atoms with Crippen molar-refractivity contribution in [3.8, 4) is 5.75 Å². The van der Waals surface area contributed by atoms with Crippen molar-refractivity contribution in [2.24, 2.45) is 0 Å². The average molecular weight is 282 g/mol. The molecule has 0 heterocycles. The highest BCUT2D eigenvalue weighted by atomic mass is 79.9. The van der Waals surface area contributed by atoms with E-state index in [1.165, 1.54) is 6.07 Å². The van der Waals surface area contributed by atoms with Crippen molar-refractivity contribution in [1.29, 1.82) is 0 Å². The van der Waals surface area contributed by atoms with Crippen LogP contribution >= 0.6 is 15.9 Å². The molecule has 4 nitrogen and oxygen atoms in total. The third kappa shape index (κ3) is 2.62. The van der Waals surface area contributed by atoms with Crippen LogP contribution in [0.5, 0.6) is 5.75 Å². The smallest absolute Gasteiger partial charge is 0.387 e. The van der Waals surface area contributed by atoms with Crippen molar-refractivity contribution >= 4 is 21.6 Å². The zero-order valence-electron chi connectivity index (χ0n) is 7.54. The first-order valence-corrected chi connectivity index (χ1v) is 4.61. The van der Waals surface area contributed by atoms with Crippen LogP contribution in [0.2, 0.25) is 0 Å². The van der Waals surface area contributed by atoms with Crippen molar-refractivity contribution in [3.05, 3.63) is 32.3 Å². The predicted octanol–water partition coefficient (Wildman–Crippen LogP) is 3.27. The number of hydrogen-bond donors (Lipinski definition) is 0. The Kier molecular flexibility index (Phi) is 3.57. The number of ether oxygens (including phenoxy) is 1. The number of nitro groups is 1. The van der Waals surface area contributed by atoms with Crippen LogP contribution in [0.25, 0.3) is 0 Å². The molecule has 0 aliphatic rings. The summed E-state index contributed by atoms with van der Waals surface area (Å²) in [6, 6.07) is 2.57. The minimum absolute atomic E-state index is 0.164. The van der Waals surface area contributed by atoms with Crippen molar-refractivity contribution in [2.75, 3.05) is 0 Å². The van der Waals surface area contributed by atoms with Gasteiger partial charge in [0.05, 0.1) is 9.40 Å². The van der Waals surface area contributed by atoms with Crippen LogP contribution in [0, 0.1) is 17.0 Å². The molecule has 0 bridgehead atoms. The SMILES string of the molecule is Cc1ccc([N+](=O)[O-])c(OC(F)F)c1Br. The van der Waals surface area contributed by atoms with Gasteiger partial charge in [-0.05, 0) is 28.4 Å². The topological polar surface area (TPSA) is 52.4 Å². The molecule has 0 aliphatic heterocycles. The molecule has 0 saturated heterocycles. The molecule has 1 rings (SSSR count). The van der Waals surface area contributed by atoms with Crippen LogP contribution in [0.15, 0.2) is 16.6 Å². The average Bonchev–Trinajstić information content (AvgIpc) is 2.12. The van der Waals surface area contributed by atoms with Crippen LogP contribution in [0.1, 0.15) is 5.56 Å². The van der Waals surface area contributed by atoms with Crippen LogP contribution < -0.4 is 4.74 Å². The zero-order chi connectivity index (χ0) is 11.6. The van der Waals surface area contributed by atoms with Gasteiger partial charge in [-0.2, -0.15) is 8.78 Å². The lowest BCUT2D eigenvalue weighted by Crippen LogP contribution is -2.05. The highest BCUT2D eigenvalue weighted by Gasteiger charge is 2.22. The van der Waals surface area contributed by atoms with E-state index >= 15 is 0 Å². The second-order valence-electron chi connectivity index (χ2n) is 2.68. The lowest BCUT2D eigenvalue weighted by molar-refractivity contribution is -0.386. The third-order valence-corrected chi connectivity index (χ3v) is 2.66. The van der Waals surface area contributed by atoms with E-state index in [9.17, 15) is 18.9 Å². The molecular weight excluding hydrogens is 276 g/mol. The zero-order valence-corrected chi connectivity index (χ0v) is 9.12. The van der Waals surface area contributed by atoms with E-state index in [-0.39, 0.29) is 4.47 Å². The molecule has 15 heavy (non-hydrogen) atoms. The Hall–Kier alpha value is -1.24. The maximum atomic E-state index is 12.0. The van der Waals surface area contributed by atoms with Gasteiger partial charge in [-0.25, -0.2) is 0 Å². The molecule has 1 aromatic carbocycles. The fraction of sp³-hybridized carbons (Fsp3) is 0.250. The lowest BCUT2D eigenvalue weighted by Gasteiger charge is -2.08. The quantitative estimate of drug-likeness (QED) is 0.631. The van der Waals surface area contributed by atoms with Crippen molar-refractivity contribution < 1.29 is 18.4 Å². The van der Waals surface area contributed by atoms with E-state index in [2.05, 4.69) is 20.7 Å². The predicted molar refractivity (Wildman–Crippen MR) is 52.2 cm³/mol. The molecule has 0 saturated carbocycles. The Bertz CT molecular complexity index is 398. The van der Waals surface area contributed by atoms with E-state index in [0.717, 1.165) is 6.07 Å². The maximum absolute atomic E-state index is 12.0. The Morgan fingerprint density at radius 1 is 1.53 bits per heavy atom. The van der Waals surface area contributed by atoms with E-state index in [1.54, 1.807) is 6.92 Å². The molecule has 0 spiro atoms. The van der Waals surface area contributed by atoms with Gasteiger partial charge in [0.2, 0.25) is 5.75 Å². The van der Waals surface area contributed by atoms with Crippen LogP contribution in [0.4, 0.5) is 14.5 Å². The van der Waals surface area contributed by atoms with Gasteiger partial charge in [0.15, 0.2) is 0 Å².